The Morgan fingerprint density at radius 1 is 0.311 bits per heavy atom. The van der Waals surface area contributed by atoms with Gasteiger partial charge >= 0.3 is 0 Å². The van der Waals surface area contributed by atoms with Crippen LogP contribution in [0.4, 0.5) is 17.1 Å². The second-order valence-corrected chi connectivity index (χ2v) is 16.7. The van der Waals surface area contributed by atoms with E-state index in [0.717, 1.165) is 17.1 Å². The van der Waals surface area contributed by atoms with Gasteiger partial charge in [0.2, 0.25) is 0 Å². The van der Waals surface area contributed by atoms with Crippen molar-refractivity contribution in [2.75, 3.05) is 4.90 Å². The van der Waals surface area contributed by atoms with Gasteiger partial charge in [0.15, 0.2) is 0 Å². The first-order chi connectivity index (χ1) is 30.2. The summed E-state index contributed by atoms with van der Waals surface area (Å²) < 4.78 is 4.99. The Bertz CT molecular complexity index is 3520. The van der Waals surface area contributed by atoms with Gasteiger partial charge in [-0.1, -0.05) is 170 Å². The lowest BCUT2D eigenvalue weighted by atomic mass is 9.99. The van der Waals surface area contributed by atoms with Crippen LogP contribution in [0.2, 0.25) is 0 Å². The van der Waals surface area contributed by atoms with Gasteiger partial charge in [0, 0.05) is 43.3 Å². The Hall–Kier alpha value is -7.72. The summed E-state index contributed by atoms with van der Waals surface area (Å²) in [5.74, 6) is 0. The molecular formula is C58H38N2S. The molecule has 12 rings (SSSR count). The lowest BCUT2D eigenvalue weighted by molar-refractivity contribution is 1.18. The third-order valence-corrected chi connectivity index (χ3v) is 13.5. The molecule has 10 aromatic carbocycles. The van der Waals surface area contributed by atoms with Gasteiger partial charge in [-0.15, -0.1) is 11.3 Å². The molecule has 0 aliphatic heterocycles. The molecule has 0 aliphatic carbocycles. The molecule has 0 saturated heterocycles. The van der Waals surface area contributed by atoms with Crippen LogP contribution in [0.15, 0.2) is 231 Å². The molecule has 2 heterocycles. The minimum absolute atomic E-state index is 1.11. The summed E-state index contributed by atoms with van der Waals surface area (Å²) in [6.07, 6.45) is 0. The van der Waals surface area contributed by atoms with Crippen molar-refractivity contribution in [1.82, 2.24) is 4.57 Å². The van der Waals surface area contributed by atoms with Crippen LogP contribution in [0, 0.1) is 0 Å². The molecule has 0 unspecified atom stereocenters. The maximum atomic E-state index is 2.43. The van der Waals surface area contributed by atoms with Crippen molar-refractivity contribution in [1.29, 1.82) is 0 Å². The third-order valence-electron chi connectivity index (χ3n) is 12.2. The first-order valence-electron chi connectivity index (χ1n) is 20.8. The molecule has 2 aromatic heterocycles. The van der Waals surface area contributed by atoms with Crippen LogP contribution in [0.3, 0.4) is 0 Å². The SMILES string of the molecule is c1ccc(-c2cccc(-c3ccc(N(c4ccc(-c5cccc(-n6c7ccccc7c7ccccc76)c5)cc4)c4cccc5c4sc4c6ccccc6ccc54)cc3)c2)cc1. The van der Waals surface area contributed by atoms with E-state index in [-0.39, 0.29) is 0 Å². The van der Waals surface area contributed by atoms with E-state index >= 15 is 0 Å². The fraction of sp³-hybridized carbons (Fsp3) is 0. The molecule has 0 saturated carbocycles. The Kier molecular flexibility index (Phi) is 8.39. The standard InChI is InChI=1S/C58H38N2S/c1-2-13-39(14-3-1)43-16-10-17-44(37-43)40-27-32-46(33-28-40)59(56-26-12-23-52-53-36-31-42-15-4-5-20-49(42)57(53)61-58(52)56)47-34-29-41(30-35-47)45-18-11-19-48(38-45)60-54-24-8-6-21-50(54)51-22-7-9-25-55(51)60/h1-38H. The Balaban J connectivity index is 0.973. The molecule has 3 heteroatoms. The van der Waals surface area contributed by atoms with E-state index in [1.54, 1.807) is 0 Å². The van der Waals surface area contributed by atoms with Crippen molar-refractivity contribution in [3.63, 3.8) is 0 Å². The first-order valence-corrected chi connectivity index (χ1v) is 21.6. The number of aromatic nitrogens is 1. The van der Waals surface area contributed by atoms with E-state index in [4.69, 9.17) is 0 Å². The van der Waals surface area contributed by atoms with Crippen LogP contribution >= 0.6 is 11.3 Å². The predicted molar refractivity (Wildman–Crippen MR) is 262 cm³/mol. The van der Waals surface area contributed by atoms with E-state index in [9.17, 15) is 0 Å². The van der Waals surface area contributed by atoms with E-state index in [2.05, 4.69) is 240 Å². The summed E-state index contributed by atoms with van der Waals surface area (Å²) in [5, 5.41) is 7.68. The highest BCUT2D eigenvalue weighted by molar-refractivity contribution is 7.27. The second-order valence-electron chi connectivity index (χ2n) is 15.7. The molecule has 0 atom stereocenters. The van der Waals surface area contributed by atoms with Crippen molar-refractivity contribution in [3.05, 3.63) is 231 Å². The summed E-state index contributed by atoms with van der Waals surface area (Å²) in [4.78, 5) is 2.43. The zero-order valence-corrected chi connectivity index (χ0v) is 34.1. The number of benzene rings is 10. The Morgan fingerprint density at radius 2 is 0.803 bits per heavy atom. The van der Waals surface area contributed by atoms with Crippen LogP contribution in [0.5, 0.6) is 0 Å². The lowest BCUT2D eigenvalue weighted by Gasteiger charge is -2.26. The molecule has 0 spiro atoms. The minimum atomic E-state index is 1.11. The molecule has 0 amide bonds. The predicted octanol–water partition coefficient (Wildman–Crippen LogP) is 16.8. The van der Waals surface area contributed by atoms with Gasteiger partial charge in [-0.3, -0.25) is 0 Å². The van der Waals surface area contributed by atoms with Gasteiger partial charge in [0.25, 0.3) is 0 Å². The summed E-state index contributed by atoms with van der Waals surface area (Å²) in [6, 6.07) is 84.0. The molecular weight excluding hydrogens is 757 g/mol. The average molecular weight is 795 g/mol. The number of rotatable bonds is 7. The number of nitrogens with zero attached hydrogens (tertiary/aromatic N) is 2. The highest BCUT2D eigenvalue weighted by Gasteiger charge is 2.20. The highest BCUT2D eigenvalue weighted by atomic mass is 32.1. The molecule has 61 heavy (non-hydrogen) atoms. The minimum Gasteiger partial charge on any atom is -0.309 e. The zero-order valence-electron chi connectivity index (χ0n) is 33.2. The Morgan fingerprint density at radius 3 is 1.48 bits per heavy atom. The monoisotopic (exact) mass is 794 g/mol. The van der Waals surface area contributed by atoms with Gasteiger partial charge in [-0.25, -0.2) is 0 Å². The number of hydrogen-bond donors (Lipinski definition) is 0. The summed E-state index contributed by atoms with van der Waals surface area (Å²) in [6.45, 7) is 0. The van der Waals surface area contributed by atoms with Crippen molar-refractivity contribution >= 4 is 81.1 Å². The van der Waals surface area contributed by atoms with Gasteiger partial charge in [0.1, 0.15) is 0 Å². The van der Waals surface area contributed by atoms with Crippen molar-refractivity contribution in [2.45, 2.75) is 0 Å². The van der Waals surface area contributed by atoms with Crippen LogP contribution in [0.25, 0.3) is 91.8 Å². The largest absolute Gasteiger partial charge is 0.309 e. The molecule has 0 bridgehead atoms. The number of anilines is 3. The number of para-hydroxylation sites is 2. The molecule has 0 radical (unpaired) electrons. The fourth-order valence-electron chi connectivity index (χ4n) is 9.25. The van der Waals surface area contributed by atoms with E-state index < -0.39 is 0 Å². The molecule has 12 aromatic rings. The molecule has 286 valence electrons. The van der Waals surface area contributed by atoms with Crippen molar-refractivity contribution in [2.24, 2.45) is 0 Å². The van der Waals surface area contributed by atoms with Crippen LogP contribution in [-0.4, -0.2) is 4.57 Å². The lowest BCUT2D eigenvalue weighted by Crippen LogP contribution is -2.10. The summed E-state index contributed by atoms with van der Waals surface area (Å²) >= 11 is 1.89. The molecule has 0 aliphatic rings. The molecule has 2 nitrogen and oxygen atoms in total. The summed E-state index contributed by atoms with van der Waals surface area (Å²) in [7, 11) is 0. The van der Waals surface area contributed by atoms with Crippen molar-refractivity contribution < 1.29 is 0 Å². The van der Waals surface area contributed by atoms with Gasteiger partial charge in [-0.05, 0) is 105 Å². The van der Waals surface area contributed by atoms with Crippen LogP contribution in [-0.2, 0) is 0 Å². The molecule has 0 N–H and O–H groups in total. The van der Waals surface area contributed by atoms with Crippen molar-refractivity contribution in [3.8, 4) is 39.1 Å². The maximum Gasteiger partial charge on any atom is 0.0640 e. The summed E-state index contributed by atoms with van der Waals surface area (Å²) in [5.41, 5.74) is 14.1. The van der Waals surface area contributed by atoms with E-state index in [1.165, 1.54) is 91.8 Å². The maximum absolute atomic E-state index is 2.43. The smallest absolute Gasteiger partial charge is 0.0640 e. The van der Waals surface area contributed by atoms with E-state index in [1.807, 2.05) is 11.3 Å². The van der Waals surface area contributed by atoms with Gasteiger partial charge < -0.3 is 9.47 Å². The number of hydrogen-bond acceptors (Lipinski definition) is 2. The quantitative estimate of drug-likeness (QED) is 0.156. The Labute approximate surface area is 358 Å². The molecule has 0 fully saturated rings. The zero-order chi connectivity index (χ0) is 40.3. The van der Waals surface area contributed by atoms with Crippen LogP contribution in [0.1, 0.15) is 0 Å². The van der Waals surface area contributed by atoms with Crippen LogP contribution < -0.4 is 4.90 Å². The topological polar surface area (TPSA) is 8.17 Å². The fourth-order valence-corrected chi connectivity index (χ4v) is 10.6. The second kappa shape index (κ2) is 14.5. The number of thiophene rings is 1. The highest BCUT2D eigenvalue weighted by Crippen LogP contribution is 2.47. The number of fused-ring (bicyclic) bond motifs is 8. The first kappa shape index (κ1) is 35.2. The average Bonchev–Trinajstić information content (AvgIpc) is 3.89. The van der Waals surface area contributed by atoms with Gasteiger partial charge in [-0.2, -0.15) is 0 Å². The third kappa shape index (κ3) is 6.01. The normalized spacial score (nSPS) is 11.6. The van der Waals surface area contributed by atoms with Gasteiger partial charge in [0.05, 0.1) is 21.4 Å². The van der Waals surface area contributed by atoms with E-state index in [0.29, 0.717) is 0 Å².